The Hall–Kier alpha value is -3.06. The number of hydrogen-bond acceptors (Lipinski definition) is 4. The third-order valence-corrected chi connectivity index (χ3v) is 4.68. The number of nitrogens with zero attached hydrogens (tertiary/aromatic N) is 2. The monoisotopic (exact) mass is 418 g/mol. The lowest BCUT2D eigenvalue weighted by atomic mass is 10.1. The molecular weight excluding hydrogens is 402 g/mol. The van der Waals surface area contributed by atoms with E-state index in [1.54, 1.807) is 11.6 Å². The van der Waals surface area contributed by atoms with Crippen molar-refractivity contribution in [1.29, 1.82) is 0 Å². The predicted octanol–water partition coefficient (Wildman–Crippen LogP) is 4.82. The van der Waals surface area contributed by atoms with Crippen LogP contribution in [0.2, 0.25) is 5.15 Å². The van der Waals surface area contributed by atoms with Crippen LogP contribution in [0, 0.1) is 18.6 Å². The maximum atomic E-state index is 13.6. The van der Waals surface area contributed by atoms with Gasteiger partial charge < -0.3 is 4.74 Å². The largest absolute Gasteiger partial charge is 0.461 e. The van der Waals surface area contributed by atoms with Crippen molar-refractivity contribution in [3.63, 3.8) is 0 Å². The highest BCUT2D eigenvalue weighted by molar-refractivity contribution is 6.30. The van der Waals surface area contributed by atoms with Gasteiger partial charge in [-0.25, -0.2) is 13.5 Å². The van der Waals surface area contributed by atoms with Crippen molar-refractivity contribution in [2.75, 3.05) is 0 Å². The molecule has 0 atom stereocenters. The molecule has 2 aromatic carbocycles. The van der Waals surface area contributed by atoms with E-state index >= 15 is 0 Å². The minimum atomic E-state index is -0.959. The summed E-state index contributed by atoms with van der Waals surface area (Å²) in [6.45, 7) is 1.64. The Balaban J connectivity index is 1.58. The molecule has 5 nitrogen and oxygen atoms in total. The summed E-state index contributed by atoms with van der Waals surface area (Å²) in [5, 5.41) is 4.68. The molecule has 3 aromatic rings. The summed E-state index contributed by atoms with van der Waals surface area (Å²) >= 11 is 6.37. The molecule has 150 valence electrons. The number of halogens is 3. The highest BCUT2D eigenvalue weighted by Crippen LogP contribution is 2.24. The summed E-state index contributed by atoms with van der Waals surface area (Å²) in [5.41, 5.74) is 1.67. The second-order valence-electron chi connectivity index (χ2n) is 6.31. The highest BCUT2D eigenvalue weighted by atomic mass is 35.5. The first-order chi connectivity index (χ1) is 13.9. The quantitative estimate of drug-likeness (QED) is 0.407. The molecule has 0 amide bonds. The first kappa shape index (κ1) is 20.7. The normalized spacial score (nSPS) is 10.8. The molecule has 8 heteroatoms. The number of Topliss-reactive ketones (excluding diaryl/α,β-unsaturated/α-hetero) is 1. The topological polar surface area (TPSA) is 61.2 Å². The van der Waals surface area contributed by atoms with E-state index in [0.29, 0.717) is 22.5 Å². The Morgan fingerprint density at radius 1 is 1.10 bits per heavy atom. The standard InChI is InChI=1S/C21H17ClF2N2O3/c1-13-17(21(22)26(25-13)15-5-3-2-4-6-15)12-29-20(28)10-9-19(27)16-8-7-14(23)11-18(16)24/h2-8,11H,9-10,12H2,1H3. The number of ketones is 1. The number of para-hydroxylation sites is 1. The molecule has 0 fully saturated rings. The molecule has 3 rings (SSSR count). The van der Waals surface area contributed by atoms with Crippen molar-refractivity contribution < 1.29 is 23.1 Å². The zero-order valence-electron chi connectivity index (χ0n) is 15.5. The van der Waals surface area contributed by atoms with Crippen molar-refractivity contribution >= 4 is 23.4 Å². The number of benzene rings is 2. The van der Waals surface area contributed by atoms with E-state index in [0.717, 1.165) is 17.8 Å². The third kappa shape index (κ3) is 4.86. The van der Waals surface area contributed by atoms with Crippen molar-refractivity contribution in [3.8, 4) is 5.69 Å². The van der Waals surface area contributed by atoms with E-state index in [1.165, 1.54) is 0 Å². The van der Waals surface area contributed by atoms with Crippen LogP contribution >= 0.6 is 11.6 Å². The van der Waals surface area contributed by atoms with Gasteiger partial charge in [0.1, 0.15) is 23.4 Å². The minimum Gasteiger partial charge on any atom is -0.461 e. The molecule has 1 heterocycles. The summed E-state index contributed by atoms with van der Waals surface area (Å²) in [5.74, 6) is -2.98. The highest BCUT2D eigenvalue weighted by Gasteiger charge is 2.18. The number of esters is 1. The third-order valence-electron chi connectivity index (χ3n) is 4.29. The van der Waals surface area contributed by atoms with E-state index in [2.05, 4.69) is 5.10 Å². The zero-order valence-corrected chi connectivity index (χ0v) is 16.2. The predicted molar refractivity (Wildman–Crippen MR) is 103 cm³/mol. The molecule has 0 aliphatic carbocycles. The van der Waals surface area contributed by atoms with Crippen molar-refractivity contribution in [1.82, 2.24) is 9.78 Å². The first-order valence-electron chi connectivity index (χ1n) is 8.80. The molecule has 0 unspecified atom stereocenters. The average molecular weight is 419 g/mol. The Labute approximate surface area is 170 Å². The summed E-state index contributed by atoms with van der Waals surface area (Å²) < 4.78 is 33.3. The number of carbonyl (C=O) groups is 2. The van der Waals surface area contributed by atoms with Crippen LogP contribution in [-0.2, 0) is 16.1 Å². The fourth-order valence-corrected chi connectivity index (χ4v) is 3.05. The maximum Gasteiger partial charge on any atom is 0.306 e. The molecule has 29 heavy (non-hydrogen) atoms. The minimum absolute atomic E-state index is 0.102. The SMILES string of the molecule is Cc1nn(-c2ccccc2)c(Cl)c1COC(=O)CCC(=O)c1ccc(F)cc1F. The van der Waals surface area contributed by atoms with Crippen molar-refractivity contribution in [2.45, 2.75) is 26.4 Å². The lowest BCUT2D eigenvalue weighted by Gasteiger charge is -2.06. The van der Waals surface area contributed by atoms with Crippen LogP contribution in [0.5, 0.6) is 0 Å². The van der Waals surface area contributed by atoms with Gasteiger partial charge in [-0.3, -0.25) is 9.59 Å². The van der Waals surface area contributed by atoms with Gasteiger partial charge >= 0.3 is 5.97 Å². The molecule has 0 aliphatic heterocycles. The first-order valence-corrected chi connectivity index (χ1v) is 9.18. The molecule has 0 bridgehead atoms. The van der Waals surface area contributed by atoms with E-state index in [-0.39, 0.29) is 25.0 Å². The fraction of sp³-hybridized carbons (Fsp3) is 0.190. The van der Waals surface area contributed by atoms with Gasteiger partial charge in [0, 0.05) is 18.1 Å². The van der Waals surface area contributed by atoms with Gasteiger partial charge in [0.2, 0.25) is 0 Å². The van der Waals surface area contributed by atoms with E-state index in [1.807, 2.05) is 30.3 Å². The maximum absolute atomic E-state index is 13.6. The smallest absolute Gasteiger partial charge is 0.306 e. The summed E-state index contributed by atoms with van der Waals surface area (Å²) in [6.07, 6.45) is -0.490. The number of aromatic nitrogens is 2. The Kier molecular flexibility index (Phi) is 6.39. The Bertz CT molecular complexity index is 1050. The molecular formula is C21H17ClF2N2O3. The Morgan fingerprint density at radius 3 is 2.52 bits per heavy atom. The number of hydrogen-bond donors (Lipinski definition) is 0. The number of ether oxygens (including phenoxy) is 1. The van der Waals surface area contributed by atoms with Crippen molar-refractivity contribution in [3.05, 3.63) is 82.1 Å². The second-order valence-corrected chi connectivity index (χ2v) is 6.67. The van der Waals surface area contributed by atoms with Crippen LogP contribution in [0.15, 0.2) is 48.5 Å². The van der Waals surface area contributed by atoms with Gasteiger partial charge in [0.15, 0.2) is 5.78 Å². The van der Waals surface area contributed by atoms with Gasteiger partial charge in [-0.2, -0.15) is 5.10 Å². The fourth-order valence-electron chi connectivity index (χ4n) is 2.73. The molecule has 0 saturated heterocycles. The van der Waals surface area contributed by atoms with Gasteiger partial charge in [0.05, 0.1) is 23.4 Å². The summed E-state index contributed by atoms with van der Waals surface area (Å²) in [6, 6.07) is 11.9. The number of aryl methyl sites for hydroxylation is 1. The Morgan fingerprint density at radius 2 is 1.83 bits per heavy atom. The van der Waals surface area contributed by atoms with Gasteiger partial charge in [-0.15, -0.1) is 0 Å². The molecule has 1 aromatic heterocycles. The van der Waals surface area contributed by atoms with Crippen LogP contribution in [0.25, 0.3) is 5.69 Å². The lowest BCUT2D eigenvalue weighted by Crippen LogP contribution is -2.10. The van der Waals surface area contributed by atoms with Crippen LogP contribution in [0.1, 0.15) is 34.5 Å². The molecule has 0 aliphatic rings. The van der Waals surface area contributed by atoms with Gasteiger partial charge in [0.25, 0.3) is 0 Å². The summed E-state index contributed by atoms with van der Waals surface area (Å²) in [4.78, 5) is 24.0. The van der Waals surface area contributed by atoms with Crippen LogP contribution in [0.3, 0.4) is 0 Å². The zero-order chi connectivity index (χ0) is 21.0. The van der Waals surface area contributed by atoms with Gasteiger partial charge in [-0.1, -0.05) is 29.8 Å². The number of carbonyl (C=O) groups excluding carboxylic acids is 2. The molecule has 0 N–H and O–H groups in total. The average Bonchev–Trinajstić information content (AvgIpc) is 2.99. The van der Waals surface area contributed by atoms with Gasteiger partial charge in [-0.05, 0) is 31.2 Å². The summed E-state index contributed by atoms with van der Waals surface area (Å²) in [7, 11) is 0. The number of rotatable bonds is 7. The lowest BCUT2D eigenvalue weighted by molar-refractivity contribution is -0.144. The van der Waals surface area contributed by atoms with E-state index in [4.69, 9.17) is 16.3 Å². The van der Waals surface area contributed by atoms with E-state index < -0.39 is 23.4 Å². The molecule has 0 spiro atoms. The second kappa shape index (κ2) is 8.96. The molecule has 0 radical (unpaired) electrons. The van der Waals surface area contributed by atoms with E-state index in [9.17, 15) is 18.4 Å². The molecule has 0 saturated carbocycles. The van der Waals surface area contributed by atoms with Crippen LogP contribution in [-0.4, -0.2) is 21.5 Å². The van der Waals surface area contributed by atoms with Crippen molar-refractivity contribution in [2.24, 2.45) is 0 Å². The van der Waals surface area contributed by atoms with Crippen LogP contribution < -0.4 is 0 Å². The van der Waals surface area contributed by atoms with Crippen LogP contribution in [0.4, 0.5) is 8.78 Å².